The largest absolute Gasteiger partial charge is 0.480 e. The molecule has 0 fully saturated rings. The molecule has 2 aromatic rings. The van der Waals surface area contributed by atoms with Crippen molar-refractivity contribution in [1.29, 1.82) is 0 Å². The zero-order valence-corrected chi connectivity index (χ0v) is 11.3. The molecule has 5 heteroatoms. The number of alkyl halides is 2. The van der Waals surface area contributed by atoms with Crippen LogP contribution in [0.4, 0.5) is 0 Å². The molecular formula is C9H7Br2NOS. The second kappa shape index (κ2) is 4.16. The maximum Gasteiger partial charge on any atom is 0.232 e. The van der Waals surface area contributed by atoms with E-state index in [-0.39, 0.29) is 3.74 Å². The van der Waals surface area contributed by atoms with Crippen LogP contribution in [-0.4, -0.2) is 11.5 Å². The number of methoxy groups -OCH3 is 1. The van der Waals surface area contributed by atoms with Gasteiger partial charge in [0.2, 0.25) is 5.88 Å². The summed E-state index contributed by atoms with van der Waals surface area (Å²) in [6.07, 6.45) is 0. The van der Waals surface area contributed by atoms with Crippen LogP contribution in [0.5, 0.6) is 5.88 Å². The van der Waals surface area contributed by atoms with Crippen LogP contribution in [0.2, 0.25) is 0 Å². The number of benzene rings is 1. The van der Waals surface area contributed by atoms with Gasteiger partial charge in [-0.15, -0.1) is 0 Å². The van der Waals surface area contributed by atoms with Gasteiger partial charge in [-0.3, -0.25) is 0 Å². The number of halogens is 2. The molecular weight excluding hydrogens is 330 g/mol. The summed E-state index contributed by atoms with van der Waals surface area (Å²) in [7, 11) is 1.64. The summed E-state index contributed by atoms with van der Waals surface area (Å²) in [5.74, 6) is 0.701. The average Bonchev–Trinajstić information content (AvgIpc) is 2.59. The van der Waals surface area contributed by atoms with E-state index in [2.05, 4.69) is 54.4 Å². The number of hydrogen-bond acceptors (Lipinski definition) is 3. The smallest absolute Gasteiger partial charge is 0.232 e. The highest BCUT2D eigenvalue weighted by Gasteiger charge is 2.09. The van der Waals surface area contributed by atoms with E-state index in [9.17, 15) is 0 Å². The van der Waals surface area contributed by atoms with Gasteiger partial charge in [-0.2, -0.15) is 4.37 Å². The highest BCUT2D eigenvalue weighted by Crippen LogP contribution is 2.35. The Morgan fingerprint density at radius 1 is 1.43 bits per heavy atom. The zero-order valence-electron chi connectivity index (χ0n) is 7.33. The molecule has 0 aliphatic heterocycles. The fraction of sp³-hybridized carbons (Fsp3) is 0.222. The van der Waals surface area contributed by atoms with Crippen LogP contribution in [0.15, 0.2) is 18.2 Å². The van der Waals surface area contributed by atoms with Gasteiger partial charge in [0, 0.05) is 0 Å². The molecule has 1 heterocycles. The number of fused-ring (bicyclic) bond motifs is 1. The number of nitrogens with zero attached hydrogens (tertiary/aromatic N) is 1. The van der Waals surface area contributed by atoms with Crippen molar-refractivity contribution in [2.24, 2.45) is 0 Å². The van der Waals surface area contributed by atoms with Gasteiger partial charge in [0.25, 0.3) is 0 Å². The van der Waals surface area contributed by atoms with Gasteiger partial charge in [0.05, 0.1) is 20.9 Å². The summed E-state index contributed by atoms with van der Waals surface area (Å²) >= 11 is 8.38. The standard InChI is InChI=1S/C9H7Br2NOS/c1-13-9-6-4-5(8(10)11)2-3-7(6)14-12-9/h2-4,8H,1H3. The van der Waals surface area contributed by atoms with Crippen molar-refractivity contribution >= 4 is 53.5 Å². The molecule has 14 heavy (non-hydrogen) atoms. The van der Waals surface area contributed by atoms with Gasteiger partial charge in [-0.1, -0.05) is 37.9 Å². The molecule has 74 valence electrons. The first kappa shape index (κ1) is 10.4. The van der Waals surface area contributed by atoms with Crippen LogP contribution >= 0.6 is 43.4 Å². The minimum Gasteiger partial charge on any atom is -0.480 e. The molecule has 0 unspecified atom stereocenters. The van der Waals surface area contributed by atoms with E-state index in [0.29, 0.717) is 5.88 Å². The lowest BCUT2D eigenvalue weighted by Crippen LogP contribution is -1.83. The van der Waals surface area contributed by atoms with Gasteiger partial charge in [0.15, 0.2) is 0 Å². The summed E-state index contributed by atoms with van der Waals surface area (Å²) in [6, 6.07) is 6.19. The Labute approximate surface area is 103 Å². The molecule has 0 aliphatic rings. The molecule has 2 rings (SSSR count). The minimum atomic E-state index is 0.170. The van der Waals surface area contributed by atoms with Crippen molar-refractivity contribution in [3.05, 3.63) is 23.8 Å². The summed E-state index contributed by atoms with van der Waals surface area (Å²) in [5, 5.41) is 1.07. The molecule has 0 spiro atoms. The molecule has 0 saturated carbocycles. The molecule has 1 aromatic carbocycles. The fourth-order valence-electron chi connectivity index (χ4n) is 1.22. The monoisotopic (exact) mass is 335 g/mol. The second-order valence-electron chi connectivity index (χ2n) is 2.75. The normalized spacial score (nSPS) is 11.1. The molecule has 0 radical (unpaired) electrons. The number of hydrogen-bond donors (Lipinski definition) is 0. The van der Waals surface area contributed by atoms with E-state index in [4.69, 9.17) is 4.74 Å². The number of aromatic nitrogens is 1. The van der Waals surface area contributed by atoms with Crippen molar-refractivity contribution in [1.82, 2.24) is 4.37 Å². The lowest BCUT2D eigenvalue weighted by atomic mass is 10.2. The van der Waals surface area contributed by atoms with E-state index in [1.807, 2.05) is 0 Å². The minimum absolute atomic E-state index is 0.170. The number of rotatable bonds is 2. The average molecular weight is 337 g/mol. The molecule has 0 aliphatic carbocycles. The van der Waals surface area contributed by atoms with Crippen LogP contribution in [0.3, 0.4) is 0 Å². The molecule has 0 N–H and O–H groups in total. The van der Waals surface area contributed by atoms with E-state index < -0.39 is 0 Å². The predicted molar refractivity (Wildman–Crippen MR) is 66.8 cm³/mol. The van der Waals surface area contributed by atoms with E-state index in [1.165, 1.54) is 11.5 Å². The van der Waals surface area contributed by atoms with Crippen molar-refractivity contribution in [2.45, 2.75) is 3.74 Å². The van der Waals surface area contributed by atoms with Gasteiger partial charge in [-0.05, 0) is 29.2 Å². The predicted octanol–water partition coefficient (Wildman–Crippen LogP) is 4.09. The van der Waals surface area contributed by atoms with Crippen molar-refractivity contribution < 1.29 is 4.74 Å². The lowest BCUT2D eigenvalue weighted by Gasteiger charge is -2.01. The Balaban J connectivity index is 2.61. The third-order valence-electron chi connectivity index (χ3n) is 1.91. The number of ether oxygens (including phenoxy) is 1. The Kier molecular flexibility index (Phi) is 3.09. The molecule has 0 bridgehead atoms. The highest BCUT2D eigenvalue weighted by atomic mass is 79.9. The van der Waals surface area contributed by atoms with Crippen molar-refractivity contribution in [3.63, 3.8) is 0 Å². The Morgan fingerprint density at radius 2 is 2.21 bits per heavy atom. The topological polar surface area (TPSA) is 22.1 Å². The fourth-order valence-corrected chi connectivity index (χ4v) is 2.51. The quantitative estimate of drug-likeness (QED) is 0.770. The SMILES string of the molecule is COc1nsc2ccc(C(Br)Br)cc12. The van der Waals surface area contributed by atoms with Gasteiger partial charge < -0.3 is 4.74 Å². The Bertz CT molecular complexity index is 455. The van der Waals surface area contributed by atoms with Crippen molar-refractivity contribution in [3.8, 4) is 5.88 Å². The maximum atomic E-state index is 5.17. The lowest BCUT2D eigenvalue weighted by molar-refractivity contribution is 0.407. The summed E-state index contributed by atoms with van der Waals surface area (Å²) < 4.78 is 10.7. The van der Waals surface area contributed by atoms with Crippen molar-refractivity contribution in [2.75, 3.05) is 7.11 Å². The molecule has 2 nitrogen and oxygen atoms in total. The first-order chi connectivity index (χ1) is 6.72. The van der Waals surface area contributed by atoms with E-state index in [0.717, 1.165) is 15.6 Å². The Morgan fingerprint density at radius 3 is 2.86 bits per heavy atom. The van der Waals surface area contributed by atoms with Crippen LogP contribution in [0, 0.1) is 0 Å². The first-order valence-electron chi connectivity index (χ1n) is 3.94. The van der Waals surface area contributed by atoms with E-state index in [1.54, 1.807) is 7.11 Å². The second-order valence-corrected chi connectivity index (χ2v) is 6.61. The van der Waals surface area contributed by atoms with Crippen LogP contribution in [-0.2, 0) is 0 Å². The maximum absolute atomic E-state index is 5.17. The molecule has 0 atom stereocenters. The summed E-state index contributed by atoms with van der Waals surface area (Å²) in [6.45, 7) is 0. The van der Waals surface area contributed by atoms with Gasteiger partial charge in [-0.25, -0.2) is 0 Å². The van der Waals surface area contributed by atoms with Crippen LogP contribution in [0.25, 0.3) is 10.1 Å². The Hall–Kier alpha value is -0.130. The third kappa shape index (κ3) is 1.81. The third-order valence-corrected chi connectivity index (χ3v) is 3.77. The van der Waals surface area contributed by atoms with Gasteiger partial charge in [0.1, 0.15) is 0 Å². The molecule has 1 aromatic heterocycles. The highest BCUT2D eigenvalue weighted by molar-refractivity contribution is 9.24. The molecule has 0 amide bonds. The van der Waals surface area contributed by atoms with Gasteiger partial charge >= 0.3 is 0 Å². The van der Waals surface area contributed by atoms with Crippen LogP contribution in [0.1, 0.15) is 9.30 Å². The summed E-state index contributed by atoms with van der Waals surface area (Å²) in [5.41, 5.74) is 1.16. The summed E-state index contributed by atoms with van der Waals surface area (Å²) in [4.78, 5) is 0. The molecule has 0 saturated heterocycles. The zero-order chi connectivity index (χ0) is 10.1. The van der Waals surface area contributed by atoms with E-state index >= 15 is 0 Å². The first-order valence-corrected chi connectivity index (χ1v) is 6.54. The van der Waals surface area contributed by atoms with Crippen LogP contribution < -0.4 is 4.74 Å².